The van der Waals surface area contributed by atoms with Gasteiger partial charge in [-0.25, -0.2) is 4.98 Å². The van der Waals surface area contributed by atoms with Crippen molar-refractivity contribution in [2.45, 2.75) is 19.4 Å². The molecule has 6 heteroatoms. The van der Waals surface area contributed by atoms with E-state index in [0.29, 0.717) is 18.8 Å². The van der Waals surface area contributed by atoms with Crippen LogP contribution < -0.4 is 10.6 Å². The fourth-order valence-electron chi connectivity index (χ4n) is 2.71. The van der Waals surface area contributed by atoms with Gasteiger partial charge >= 0.3 is 0 Å². The van der Waals surface area contributed by atoms with E-state index in [1.165, 1.54) is 0 Å². The summed E-state index contributed by atoms with van der Waals surface area (Å²) in [4.78, 5) is 16.6. The maximum absolute atomic E-state index is 12.2. The molecule has 0 spiro atoms. The minimum absolute atomic E-state index is 0.106. The Labute approximate surface area is 123 Å². The van der Waals surface area contributed by atoms with Gasteiger partial charge in [0.05, 0.1) is 6.10 Å². The van der Waals surface area contributed by atoms with Crippen LogP contribution in [0.5, 0.6) is 0 Å². The molecule has 0 saturated carbocycles. The number of aryl methyl sites for hydroxylation is 1. The summed E-state index contributed by atoms with van der Waals surface area (Å²) in [5.74, 6) is -0.0854. The van der Waals surface area contributed by atoms with Gasteiger partial charge in [0.15, 0.2) is 0 Å². The van der Waals surface area contributed by atoms with Crippen LogP contribution in [0.3, 0.4) is 0 Å². The molecule has 21 heavy (non-hydrogen) atoms. The van der Waals surface area contributed by atoms with Gasteiger partial charge in [0.1, 0.15) is 11.3 Å². The molecule has 0 radical (unpaired) electrons. The number of fused-ring (bicyclic) bond motifs is 1. The smallest absolute Gasteiger partial charge is 0.271 e. The highest BCUT2D eigenvalue weighted by Crippen LogP contribution is 2.12. The highest BCUT2D eigenvalue weighted by atomic mass is 16.3. The molecule has 2 aromatic heterocycles. The van der Waals surface area contributed by atoms with Gasteiger partial charge < -0.3 is 20.1 Å². The molecule has 3 heterocycles. The van der Waals surface area contributed by atoms with E-state index in [-0.39, 0.29) is 11.8 Å². The maximum Gasteiger partial charge on any atom is 0.271 e. The van der Waals surface area contributed by atoms with Gasteiger partial charge in [-0.05, 0) is 31.5 Å². The van der Waals surface area contributed by atoms with Crippen molar-refractivity contribution in [2.75, 3.05) is 19.6 Å². The number of pyridine rings is 1. The highest BCUT2D eigenvalue weighted by molar-refractivity contribution is 5.92. The average Bonchev–Trinajstić information content (AvgIpc) is 2.92. The van der Waals surface area contributed by atoms with Gasteiger partial charge in [0.2, 0.25) is 0 Å². The summed E-state index contributed by atoms with van der Waals surface area (Å²) in [7, 11) is 0. The fraction of sp³-hybridized carbons (Fsp3) is 0.467. The van der Waals surface area contributed by atoms with Crippen molar-refractivity contribution in [1.29, 1.82) is 0 Å². The van der Waals surface area contributed by atoms with Crippen LogP contribution in [-0.4, -0.2) is 46.1 Å². The number of amides is 1. The Hall–Kier alpha value is -1.92. The van der Waals surface area contributed by atoms with Crippen molar-refractivity contribution in [3.05, 3.63) is 35.8 Å². The predicted molar refractivity (Wildman–Crippen MR) is 79.2 cm³/mol. The normalized spacial score (nSPS) is 22.4. The Morgan fingerprint density at radius 2 is 2.48 bits per heavy atom. The molecule has 0 bridgehead atoms. The Morgan fingerprint density at radius 1 is 1.62 bits per heavy atom. The summed E-state index contributed by atoms with van der Waals surface area (Å²) in [6, 6.07) is 3.90. The average molecular weight is 288 g/mol. The third-order valence-electron chi connectivity index (χ3n) is 4.02. The van der Waals surface area contributed by atoms with Crippen LogP contribution in [0.2, 0.25) is 0 Å². The molecule has 3 rings (SSSR count). The largest absolute Gasteiger partial charge is 0.391 e. The Kier molecular flexibility index (Phi) is 3.90. The van der Waals surface area contributed by atoms with Crippen molar-refractivity contribution in [1.82, 2.24) is 20.0 Å². The van der Waals surface area contributed by atoms with Crippen LogP contribution in [0, 0.1) is 12.8 Å². The number of β-amino-alcohol motifs (C(OH)–C–C–N with tert-alkyl or cyclic N) is 1. The van der Waals surface area contributed by atoms with E-state index in [1.54, 1.807) is 6.20 Å². The van der Waals surface area contributed by atoms with Crippen molar-refractivity contribution in [2.24, 2.45) is 5.92 Å². The van der Waals surface area contributed by atoms with E-state index < -0.39 is 6.10 Å². The zero-order valence-electron chi connectivity index (χ0n) is 12.0. The summed E-state index contributed by atoms with van der Waals surface area (Å²) < 4.78 is 1.85. The molecular weight excluding hydrogens is 268 g/mol. The topological polar surface area (TPSA) is 78.7 Å². The van der Waals surface area contributed by atoms with Crippen LogP contribution >= 0.6 is 0 Å². The summed E-state index contributed by atoms with van der Waals surface area (Å²) >= 11 is 0. The first-order valence-corrected chi connectivity index (χ1v) is 7.26. The number of hydrogen-bond donors (Lipinski definition) is 3. The van der Waals surface area contributed by atoms with Crippen LogP contribution in [0.4, 0.5) is 0 Å². The lowest BCUT2D eigenvalue weighted by Crippen LogP contribution is -2.45. The molecule has 1 aliphatic rings. The van der Waals surface area contributed by atoms with Gasteiger partial charge in [0.25, 0.3) is 5.91 Å². The van der Waals surface area contributed by atoms with Gasteiger partial charge in [-0.15, -0.1) is 0 Å². The lowest BCUT2D eigenvalue weighted by Gasteiger charge is -2.28. The van der Waals surface area contributed by atoms with Crippen LogP contribution in [0.15, 0.2) is 24.5 Å². The lowest BCUT2D eigenvalue weighted by atomic mass is 9.95. The van der Waals surface area contributed by atoms with Gasteiger partial charge in [-0.1, -0.05) is 6.07 Å². The second-order valence-electron chi connectivity index (χ2n) is 5.58. The molecular formula is C15H20N4O2. The first kappa shape index (κ1) is 14.0. The van der Waals surface area contributed by atoms with Gasteiger partial charge in [-0.2, -0.15) is 0 Å². The molecule has 0 aromatic carbocycles. The number of imidazole rings is 1. The number of rotatable bonds is 3. The van der Waals surface area contributed by atoms with E-state index in [2.05, 4.69) is 15.6 Å². The summed E-state index contributed by atoms with van der Waals surface area (Å²) in [5, 5.41) is 15.9. The van der Waals surface area contributed by atoms with E-state index in [9.17, 15) is 9.90 Å². The van der Waals surface area contributed by atoms with E-state index in [1.807, 2.05) is 29.7 Å². The van der Waals surface area contributed by atoms with Gasteiger partial charge in [-0.3, -0.25) is 4.79 Å². The quantitative estimate of drug-likeness (QED) is 0.761. The van der Waals surface area contributed by atoms with Crippen LogP contribution in [0.1, 0.15) is 22.5 Å². The van der Waals surface area contributed by atoms with Crippen LogP contribution in [-0.2, 0) is 0 Å². The van der Waals surface area contributed by atoms with Crippen molar-refractivity contribution in [3.63, 3.8) is 0 Å². The second-order valence-corrected chi connectivity index (χ2v) is 5.58. The zero-order chi connectivity index (χ0) is 14.8. The molecule has 6 nitrogen and oxygen atoms in total. The molecule has 0 aliphatic carbocycles. The number of aromatic nitrogens is 2. The number of aliphatic hydroxyl groups is 1. The Morgan fingerprint density at radius 3 is 3.24 bits per heavy atom. The predicted octanol–water partition coefficient (Wildman–Crippen LogP) is 0.343. The SMILES string of the molecule is Cc1cccn2cc(C(=O)NC[C@@H]3CCNC[C@H]3O)nc12. The minimum Gasteiger partial charge on any atom is -0.391 e. The molecule has 3 N–H and O–H groups in total. The minimum atomic E-state index is -0.401. The molecule has 1 amide bonds. The number of piperidine rings is 1. The van der Waals surface area contributed by atoms with E-state index in [0.717, 1.165) is 24.2 Å². The summed E-state index contributed by atoms with van der Waals surface area (Å²) in [6.07, 6.45) is 4.08. The molecule has 2 aromatic rings. The second kappa shape index (κ2) is 5.83. The van der Waals surface area contributed by atoms with Crippen molar-refractivity contribution in [3.8, 4) is 0 Å². The lowest BCUT2D eigenvalue weighted by molar-refractivity contribution is 0.0751. The molecule has 0 unspecified atom stereocenters. The number of aliphatic hydroxyl groups excluding tert-OH is 1. The highest BCUT2D eigenvalue weighted by Gasteiger charge is 2.23. The number of nitrogens with zero attached hydrogens (tertiary/aromatic N) is 2. The van der Waals surface area contributed by atoms with Crippen LogP contribution in [0.25, 0.3) is 5.65 Å². The number of carbonyl (C=O) groups is 1. The number of carbonyl (C=O) groups excluding carboxylic acids is 1. The van der Waals surface area contributed by atoms with E-state index >= 15 is 0 Å². The first-order valence-electron chi connectivity index (χ1n) is 7.26. The van der Waals surface area contributed by atoms with Crippen molar-refractivity contribution < 1.29 is 9.90 Å². The standard InChI is InChI=1S/C15H20N4O2/c1-10-3-2-6-19-9-12(18-14(10)19)15(21)17-7-11-4-5-16-8-13(11)20/h2-3,6,9,11,13,16,20H,4-5,7-8H2,1H3,(H,17,21)/t11-,13+/m0/s1. The molecule has 2 atom stereocenters. The summed E-state index contributed by atoms with van der Waals surface area (Å²) in [5.41, 5.74) is 2.24. The zero-order valence-corrected chi connectivity index (χ0v) is 12.0. The molecule has 1 fully saturated rings. The fourth-order valence-corrected chi connectivity index (χ4v) is 2.71. The van der Waals surface area contributed by atoms with Crippen molar-refractivity contribution >= 4 is 11.6 Å². The Balaban J connectivity index is 1.68. The number of nitrogens with one attached hydrogen (secondary N) is 2. The van der Waals surface area contributed by atoms with E-state index in [4.69, 9.17) is 0 Å². The molecule has 1 aliphatic heterocycles. The maximum atomic E-state index is 12.2. The third kappa shape index (κ3) is 2.91. The Bertz CT molecular complexity index is 652. The molecule has 112 valence electrons. The number of hydrogen-bond acceptors (Lipinski definition) is 4. The third-order valence-corrected chi connectivity index (χ3v) is 4.02. The van der Waals surface area contributed by atoms with Gasteiger partial charge in [0, 0.05) is 31.4 Å². The molecule has 1 saturated heterocycles. The first-order chi connectivity index (χ1) is 10.1. The summed E-state index contributed by atoms with van der Waals surface area (Å²) in [6.45, 7) is 3.92. The monoisotopic (exact) mass is 288 g/mol.